The van der Waals surface area contributed by atoms with E-state index in [2.05, 4.69) is 36.7 Å². The monoisotopic (exact) mass is 283 g/mol. The Bertz CT molecular complexity index is 435. The van der Waals surface area contributed by atoms with Gasteiger partial charge in [0.15, 0.2) is 0 Å². The zero-order valence-corrected chi connectivity index (χ0v) is 12.7. The molecule has 0 saturated heterocycles. The summed E-state index contributed by atoms with van der Waals surface area (Å²) in [6, 6.07) is 4.87. The molecule has 2 aromatic rings. The molecule has 0 aromatic carbocycles. The molecule has 1 atom stereocenters. The summed E-state index contributed by atoms with van der Waals surface area (Å²) < 4.78 is 8.51. The van der Waals surface area contributed by atoms with Crippen molar-refractivity contribution in [2.75, 3.05) is 19.8 Å². The van der Waals surface area contributed by atoms with E-state index in [1.807, 2.05) is 22.7 Å². The Balaban J connectivity index is 2.04. The molecule has 0 spiro atoms. The van der Waals surface area contributed by atoms with Gasteiger partial charge in [0.25, 0.3) is 0 Å². The molecular formula is C14H21NOS2. The van der Waals surface area contributed by atoms with Gasteiger partial charge in [0.2, 0.25) is 0 Å². The van der Waals surface area contributed by atoms with Gasteiger partial charge in [-0.25, -0.2) is 0 Å². The van der Waals surface area contributed by atoms with Crippen LogP contribution < -0.4 is 5.32 Å². The number of fused-ring (bicyclic) bond motifs is 1. The Labute approximate surface area is 117 Å². The molecule has 1 N–H and O–H groups in total. The number of hydrogen-bond acceptors (Lipinski definition) is 4. The van der Waals surface area contributed by atoms with Gasteiger partial charge < -0.3 is 10.1 Å². The molecule has 0 fully saturated rings. The third kappa shape index (κ3) is 3.54. The van der Waals surface area contributed by atoms with Crippen LogP contribution in [0.3, 0.4) is 0 Å². The molecule has 0 radical (unpaired) electrons. The first kappa shape index (κ1) is 14.0. The summed E-state index contributed by atoms with van der Waals surface area (Å²) in [6.45, 7) is 7.02. The molecule has 0 bridgehead atoms. The summed E-state index contributed by atoms with van der Waals surface area (Å²) in [6.07, 6.45) is 2.24. The highest BCUT2D eigenvalue weighted by molar-refractivity contribution is 7.26. The molecule has 0 saturated carbocycles. The van der Waals surface area contributed by atoms with Crippen LogP contribution in [0, 0.1) is 0 Å². The Kier molecular flexibility index (Phi) is 5.63. The third-order valence-corrected chi connectivity index (χ3v) is 4.98. The number of hydrogen-bond donors (Lipinski definition) is 1. The molecule has 0 amide bonds. The second-order valence-electron chi connectivity index (χ2n) is 4.38. The maximum Gasteiger partial charge on any atom is 0.0669 e. The number of thiophene rings is 2. The molecule has 100 valence electrons. The highest BCUT2D eigenvalue weighted by Crippen LogP contribution is 2.33. The second-order valence-corrected chi connectivity index (χ2v) is 6.44. The van der Waals surface area contributed by atoms with Crippen LogP contribution in [0.4, 0.5) is 0 Å². The molecule has 2 aromatic heterocycles. The van der Waals surface area contributed by atoms with Crippen molar-refractivity contribution in [2.24, 2.45) is 0 Å². The Hall–Kier alpha value is -0.420. The number of nitrogens with one attached hydrogen (secondary N) is 1. The van der Waals surface area contributed by atoms with Crippen molar-refractivity contribution in [3.63, 3.8) is 0 Å². The highest BCUT2D eigenvalue weighted by Gasteiger charge is 2.14. The van der Waals surface area contributed by atoms with Crippen molar-refractivity contribution >= 4 is 32.1 Å². The van der Waals surface area contributed by atoms with Crippen molar-refractivity contribution < 1.29 is 4.74 Å². The van der Waals surface area contributed by atoms with E-state index in [1.165, 1.54) is 14.3 Å². The third-order valence-electron chi connectivity index (χ3n) is 2.78. The zero-order valence-electron chi connectivity index (χ0n) is 11.1. The van der Waals surface area contributed by atoms with Crippen molar-refractivity contribution in [2.45, 2.75) is 32.7 Å². The number of rotatable bonds is 8. The molecular weight excluding hydrogens is 262 g/mol. The van der Waals surface area contributed by atoms with Gasteiger partial charge in [-0.15, -0.1) is 22.7 Å². The highest BCUT2D eigenvalue weighted by atomic mass is 32.1. The molecule has 2 nitrogen and oxygen atoms in total. The van der Waals surface area contributed by atoms with Crippen LogP contribution >= 0.6 is 22.7 Å². The molecule has 2 heterocycles. The summed E-state index contributed by atoms with van der Waals surface area (Å²) in [5.74, 6) is 0. The lowest BCUT2D eigenvalue weighted by Crippen LogP contribution is -2.25. The van der Waals surface area contributed by atoms with Crippen molar-refractivity contribution in [1.82, 2.24) is 5.32 Å². The van der Waals surface area contributed by atoms with Gasteiger partial charge in [-0.3, -0.25) is 0 Å². The maximum absolute atomic E-state index is 5.72. The summed E-state index contributed by atoms with van der Waals surface area (Å²) in [7, 11) is 0. The van der Waals surface area contributed by atoms with Crippen LogP contribution in [0.15, 0.2) is 17.5 Å². The van der Waals surface area contributed by atoms with Crippen molar-refractivity contribution in [3.05, 3.63) is 22.4 Å². The minimum Gasteiger partial charge on any atom is -0.379 e. The first-order valence-electron chi connectivity index (χ1n) is 6.63. The van der Waals surface area contributed by atoms with Crippen LogP contribution in [0.25, 0.3) is 9.40 Å². The average Bonchev–Trinajstić information content (AvgIpc) is 2.94. The van der Waals surface area contributed by atoms with E-state index in [0.29, 0.717) is 6.04 Å². The normalized spacial score (nSPS) is 13.2. The van der Waals surface area contributed by atoms with E-state index >= 15 is 0 Å². The fourth-order valence-electron chi connectivity index (χ4n) is 1.86. The van der Waals surface area contributed by atoms with E-state index in [0.717, 1.165) is 32.6 Å². The van der Waals surface area contributed by atoms with E-state index < -0.39 is 0 Å². The largest absolute Gasteiger partial charge is 0.379 e. The van der Waals surface area contributed by atoms with Gasteiger partial charge >= 0.3 is 0 Å². The Morgan fingerprint density at radius 1 is 1.28 bits per heavy atom. The van der Waals surface area contributed by atoms with Crippen LogP contribution in [-0.2, 0) is 4.74 Å². The topological polar surface area (TPSA) is 21.3 Å². The fraction of sp³-hybridized carbons (Fsp3) is 0.571. The average molecular weight is 283 g/mol. The van der Waals surface area contributed by atoms with Crippen LogP contribution in [0.1, 0.15) is 37.6 Å². The first-order valence-corrected chi connectivity index (χ1v) is 8.32. The van der Waals surface area contributed by atoms with E-state index in [1.54, 1.807) is 0 Å². The van der Waals surface area contributed by atoms with Gasteiger partial charge in [-0.05, 0) is 36.9 Å². The van der Waals surface area contributed by atoms with Crippen molar-refractivity contribution in [1.29, 1.82) is 0 Å². The predicted octanol–water partition coefficient (Wildman–Crippen LogP) is 4.43. The summed E-state index contributed by atoms with van der Waals surface area (Å²) >= 11 is 3.71. The van der Waals surface area contributed by atoms with E-state index in [4.69, 9.17) is 4.74 Å². The SMILES string of the molecule is CCCNC(COCCC)c1cc2sccc2s1. The van der Waals surface area contributed by atoms with Gasteiger partial charge in [0.05, 0.1) is 12.6 Å². The zero-order chi connectivity index (χ0) is 12.8. The minimum atomic E-state index is 0.348. The second kappa shape index (κ2) is 7.24. The lowest BCUT2D eigenvalue weighted by atomic mass is 10.2. The summed E-state index contributed by atoms with van der Waals surface area (Å²) in [4.78, 5) is 1.40. The van der Waals surface area contributed by atoms with Crippen LogP contribution in [-0.4, -0.2) is 19.8 Å². The molecule has 4 heteroatoms. The molecule has 2 rings (SSSR count). The lowest BCUT2D eigenvalue weighted by molar-refractivity contribution is 0.113. The minimum absolute atomic E-state index is 0.348. The quantitative estimate of drug-likeness (QED) is 0.724. The standard InChI is InChI=1S/C14H21NOS2/c1-3-6-15-11(10-16-7-4-2)13-9-14-12(18-13)5-8-17-14/h5,8-9,11,15H,3-4,6-7,10H2,1-2H3. The van der Waals surface area contributed by atoms with E-state index in [-0.39, 0.29) is 0 Å². The predicted molar refractivity (Wildman–Crippen MR) is 81.8 cm³/mol. The summed E-state index contributed by atoms with van der Waals surface area (Å²) in [5, 5.41) is 5.75. The Morgan fingerprint density at radius 2 is 2.17 bits per heavy atom. The molecule has 0 aliphatic rings. The van der Waals surface area contributed by atoms with Crippen LogP contribution in [0.2, 0.25) is 0 Å². The lowest BCUT2D eigenvalue weighted by Gasteiger charge is -2.17. The molecule has 0 aliphatic carbocycles. The molecule has 1 unspecified atom stereocenters. The van der Waals surface area contributed by atoms with Gasteiger partial charge in [-0.1, -0.05) is 13.8 Å². The van der Waals surface area contributed by atoms with Gasteiger partial charge in [-0.2, -0.15) is 0 Å². The van der Waals surface area contributed by atoms with Gasteiger partial charge in [0.1, 0.15) is 0 Å². The summed E-state index contributed by atoms with van der Waals surface area (Å²) in [5.41, 5.74) is 0. The Morgan fingerprint density at radius 3 is 2.89 bits per heavy atom. The van der Waals surface area contributed by atoms with Crippen LogP contribution in [0.5, 0.6) is 0 Å². The smallest absolute Gasteiger partial charge is 0.0669 e. The first-order chi connectivity index (χ1) is 8.85. The van der Waals surface area contributed by atoms with E-state index in [9.17, 15) is 0 Å². The molecule has 18 heavy (non-hydrogen) atoms. The number of ether oxygens (including phenoxy) is 1. The van der Waals surface area contributed by atoms with Crippen molar-refractivity contribution in [3.8, 4) is 0 Å². The fourth-order valence-corrected chi connectivity index (χ4v) is 4.04. The molecule has 0 aliphatic heterocycles. The maximum atomic E-state index is 5.72. The van der Waals surface area contributed by atoms with Gasteiger partial charge in [0, 0.05) is 20.9 Å².